The summed E-state index contributed by atoms with van der Waals surface area (Å²) in [6, 6.07) is 0. The Kier molecular flexibility index (Phi) is 4.99. The van der Waals surface area contributed by atoms with E-state index in [1.165, 1.54) is 0 Å². The van der Waals surface area contributed by atoms with Crippen LogP contribution >= 0.6 is 0 Å². The summed E-state index contributed by atoms with van der Waals surface area (Å²) in [5.41, 5.74) is 1.40. The Hall–Kier alpha value is -2.22. The van der Waals surface area contributed by atoms with Gasteiger partial charge in [-0.15, -0.1) is 0 Å². The van der Waals surface area contributed by atoms with Crippen LogP contribution in [0.15, 0.2) is 10.7 Å². The minimum absolute atomic E-state index is 0.106. The molecular formula is C19H27N5O3. The number of ether oxygens (including phenoxy) is 1. The van der Waals surface area contributed by atoms with Crippen molar-refractivity contribution in [3.63, 3.8) is 0 Å². The second kappa shape index (κ2) is 7.42. The highest BCUT2D eigenvalue weighted by Gasteiger charge is 2.42. The molecule has 1 atom stereocenters. The number of carbonyl (C=O) groups is 1. The molecule has 2 aliphatic rings. The van der Waals surface area contributed by atoms with E-state index in [1.807, 2.05) is 11.8 Å². The van der Waals surface area contributed by atoms with Gasteiger partial charge < -0.3 is 19.0 Å². The van der Waals surface area contributed by atoms with Gasteiger partial charge in [-0.3, -0.25) is 4.79 Å². The van der Waals surface area contributed by atoms with E-state index in [0.29, 0.717) is 31.2 Å². The van der Waals surface area contributed by atoms with E-state index >= 15 is 0 Å². The molecule has 2 fully saturated rings. The molecule has 27 heavy (non-hydrogen) atoms. The number of rotatable bonds is 5. The molecule has 0 saturated carbocycles. The number of fused-ring (bicyclic) bond motifs is 1. The van der Waals surface area contributed by atoms with Crippen molar-refractivity contribution in [3.8, 4) is 0 Å². The predicted octanol–water partition coefficient (Wildman–Crippen LogP) is 2.04. The molecule has 2 aromatic heterocycles. The molecule has 2 aromatic rings. The SMILES string of the molecule is CCc1nc2c(N3CCC[C@]4(CCC(=O)N(CCOC)C4)C3)ncnc2o1. The predicted molar refractivity (Wildman–Crippen MR) is 101 cm³/mol. The van der Waals surface area contributed by atoms with E-state index in [2.05, 4.69) is 19.9 Å². The first-order valence-corrected chi connectivity index (χ1v) is 9.76. The first-order chi connectivity index (χ1) is 13.1. The van der Waals surface area contributed by atoms with Crippen LogP contribution in [0.5, 0.6) is 0 Å². The van der Waals surface area contributed by atoms with Crippen molar-refractivity contribution in [2.45, 2.75) is 39.0 Å². The van der Waals surface area contributed by atoms with Gasteiger partial charge in [-0.1, -0.05) is 6.92 Å². The summed E-state index contributed by atoms with van der Waals surface area (Å²) >= 11 is 0. The first kappa shape index (κ1) is 18.2. The molecule has 2 saturated heterocycles. The van der Waals surface area contributed by atoms with Gasteiger partial charge in [0.25, 0.3) is 5.71 Å². The number of hydrogen-bond acceptors (Lipinski definition) is 7. The van der Waals surface area contributed by atoms with E-state index in [0.717, 1.165) is 56.7 Å². The molecule has 0 aromatic carbocycles. The van der Waals surface area contributed by atoms with Gasteiger partial charge in [-0.25, -0.2) is 9.97 Å². The number of carbonyl (C=O) groups excluding carboxylic acids is 1. The smallest absolute Gasteiger partial charge is 0.252 e. The van der Waals surface area contributed by atoms with Crippen LogP contribution in [0.3, 0.4) is 0 Å². The zero-order valence-electron chi connectivity index (χ0n) is 16.1. The van der Waals surface area contributed by atoms with Crippen LogP contribution in [0.2, 0.25) is 0 Å². The lowest BCUT2D eigenvalue weighted by Gasteiger charge is -2.48. The third-order valence-electron chi connectivity index (χ3n) is 5.80. The number of aryl methyl sites for hydroxylation is 1. The van der Waals surface area contributed by atoms with E-state index in [9.17, 15) is 4.79 Å². The summed E-state index contributed by atoms with van der Waals surface area (Å²) in [6.45, 7) is 5.87. The summed E-state index contributed by atoms with van der Waals surface area (Å²) < 4.78 is 10.9. The number of nitrogens with zero attached hydrogens (tertiary/aromatic N) is 5. The Morgan fingerprint density at radius 2 is 2.19 bits per heavy atom. The molecular weight excluding hydrogens is 346 g/mol. The van der Waals surface area contributed by atoms with Gasteiger partial charge in [-0.05, 0) is 19.3 Å². The van der Waals surface area contributed by atoms with Gasteiger partial charge >= 0.3 is 0 Å². The number of aromatic nitrogens is 3. The molecule has 0 radical (unpaired) electrons. The quantitative estimate of drug-likeness (QED) is 0.793. The Balaban J connectivity index is 1.58. The van der Waals surface area contributed by atoms with Gasteiger partial charge in [-0.2, -0.15) is 4.98 Å². The van der Waals surface area contributed by atoms with Crippen LogP contribution in [0.1, 0.15) is 38.5 Å². The van der Waals surface area contributed by atoms with Crippen molar-refractivity contribution in [3.05, 3.63) is 12.2 Å². The standard InChI is InChI=1S/C19H27N5O3/c1-3-14-22-16-17(20-13-21-18(16)27-14)24-8-4-6-19(12-24)7-5-15(25)23(11-19)9-10-26-2/h13H,3-12H2,1-2H3/t19-/m1/s1. The van der Waals surface area contributed by atoms with E-state index in [4.69, 9.17) is 9.15 Å². The topological polar surface area (TPSA) is 84.6 Å². The number of amides is 1. The van der Waals surface area contributed by atoms with Crippen molar-refractivity contribution in [1.29, 1.82) is 0 Å². The number of methoxy groups -OCH3 is 1. The highest BCUT2D eigenvalue weighted by atomic mass is 16.5. The van der Waals surface area contributed by atoms with Crippen molar-refractivity contribution in [2.24, 2.45) is 5.41 Å². The minimum Gasteiger partial charge on any atom is -0.422 e. The summed E-state index contributed by atoms with van der Waals surface area (Å²) in [5.74, 6) is 1.78. The molecule has 8 heteroatoms. The maximum absolute atomic E-state index is 12.3. The van der Waals surface area contributed by atoms with Crippen LogP contribution < -0.4 is 4.90 Å². The van der Waals surface area contributed by atoms with Crippen LogP contribution in [0.25, 0.3) is 11.2 Å². The number of hydrogen-bond donors (Lipinski definition) is 0. The first-order valence-electron chi connectivity index (χ1n) is 9.76. The summed E-state index contributed by atoms with van der Waals surface area (Å²) in [4.78, 5) is 29.9. The molecule has 146 valence electrons. The van der Waals surface area contributed by atoms with E-state index in [-0.39, 0.29) is 11.3 Å². The maximum atomic E-state index is 12.3. The molecule has 8 nitrogen and oxygen atoms in total. The fourth-order valence-electron chi connectivity index (χ4n) is 4.40. The fourth-order valence-corrected chi connectivity index (χ4v) is 4.40. The lowest BCUT2D eigenvalue weighted by molar-refractivity contribution is -0.138. The summed E-state index contributed by atoms with van der Waals surface area (Å²) in [6.07, 6.45) is 6.04. The van der Waals surface area contributed by atoms with Crippen LogP contribution in [0.4, 0.5) is 5.82 Å². The zero-order valence-corrected chi connectivity index (χ0v) is 16.1. The van der Waals surface area contributed by atoms with Gasteiger partial charge in [0.15, 0.2) is 17.2 Å². The Bertz CT molecular complexity index is 823. The Labute approximate surface area is 158 Å². The van der Waals surface area contributed by atoms with Crippen molar-refractivity contribution < 1.29 is 13.9 Å². The molecule has 1 amide bonds. The lowest BCUT2D eigenvalue weighted by atomic mass is 9.73. The molecule has 0 bridgehead atoms. The minimum atomic E-state index is 0.106. The zero-order chi connectivity index (χ0) is 18.9. The third kappa shape index (κ3) is 3.50. The highest BCUT2D eigenvalue weighted by molar-refractivity contribution is 5.82. The highest BCUT2D eigenvalue weighted by Crippen LogP contribution is 2.40. The monoisotopic (exact) mass is 373 g/mol. The molecule has 0 N–H and O–H groups in total. The molecule has 4 rings (SSSR count). The van der Waals surface area contributed by atoms with Crippen molar-refractivity contribution >= 4 is 23.0 Å². The van der Waals surface area contributed by atoms with Gasteiger partial charge in [0, 0.05) is 51.5 Å². The van der Waals surface area contributed by atoms with Crippen LogP contribution in [-0.2, 0) is 16.0 Å². The molecule has 4 heterocycles. The third-order valence-corrected chi connectivity index (χ3v) is 5.80. The van der Waals surface area contributed by atoms with Gasteiger partial charge in [0.1, 0.15) is 6.33 Å². The lowest BCUT2D eigenvalue weighted by Crippen LogP contribution is -2.54. The molecule has 0 unspecified atom stereocenters. The number of oxazole rings is 1. The van der Waals surface area contributed by atoms with Crippen LogP contribution in [0, 0.1) is 5.41 Å². The molecule has 0 aliphatic carbocycles. The summed E-state index contributed by atoms with van der Waals surface area (Å²) in [7, 11) is 1.68. The number of likely N-dealkylation sites (tertiary alicyclic amines) is 1. The average molecular weight is 373 g/mol. The van der Waals surface area contributed by atoms with Crippen molar-refractivity contribution in [2.75, 3.05) is 44.8 Å². The summed E-state index contributed by atoms with van der Waals surface area (Å²) in [5, 5.41) is 0. The van der Waals surface area contributed by atoms with Crippen LogP contribution in [-0.4, -0.2) is 65.7 Å². The molecule has 2 aliphatic heterocycles. The second-order valence-corrected chi connectivity index (χ2v) is 7.65. The average Bonchev–Trinajstić information content (AvgIpc) is 3.12. The van der Waals surface area contributed by atoms with Gasteiger partial charge in [0.2, 0.25) is 5.91 Å². The van der Waals surface area contributed by atoms with Gasteiger partial charge in [0.05, 0.1) is 6.61 Å². The molecule has 1 spiro atoms. The number of piperidine rings is 2. The normalized spacial score (nSPS) is 23.6. The second-order valence-electron chi connectivity index (χ2n) is 7.65. The van der Waals surface area contributed by atoms with E-state index < -0.39 is 0 Å². The number of anilines is 1. The maximum Gasteiger partial charge on any atom is 0.252 e. The largest absolute Gasteiger partial charge is 0.422 e. The Morgan fingerprint density at radius 1 is 1.30 bits per heavy atom. The van der Waals surface area contributed by atoms with Crippen molar-refractivity contribution in [1.82, 2.24) is 19.9 Å². The Morgan fingerprint density at radius 3 is 3.00 bits per heavy atom. The fraction of sp³-hybridized carbons (Fsp3) is 0.684. The van der Waals surface area contributed by atoms with E-state index in [1.54, 1.807) is 13.4 Å².